The van der Waals surface area contributed by atoms with E-state index in [1.807, 2.05) is 0 Å². The fraction of sp³-hybridized carbons (Fsp3) is 0.200. The van der Waals surface area contributed by atoms with Gasteiger partial charge in [0.1, 0.15) is 5.69 Å². The summed E-state index contributed by atoms with van der Waals surface area (Å²) in [5, 5.41) is 6.31. The van der Waals surface area contributed by atoms with E-state index in [4.69, 9.17) is 0 Å². The van der Waals surface area contributed by atoms with Crippen molar-refractivity contribution in [2.45, 2.75) is 13.3 Å². The second-order valence-corrected chi connectivity index (χ2v) is 3.23. The molecular formula is C10H8F2N2O. The molecule has 0 aliphatic heterocycles. The maximum atomic E-state index is 12.5. The Balaban J connectivity index is 2.66. The Kier molecular flexibility index (Phi) is 2.22. The Hall–Kier alpha value is -1.78. The zero-order chi connectivity index (χ0) is 11.0. The Labute approximate surface area is 84.1 Å². The fourth-order valence-electron chi connectivity index (χ4n) is 1.42. The Morgan fingerprint density at radius 2 is 2.20 bits per heavy atom. The molecule has 5 heteroatoms. The summed E-state index contributed by atoms with van der Waals surface area (Å²) in [6, 6.07) is 4.59. The van der Waals surface area contributed by atoms with E-state index in [1.54, 1.807) is 12.1 Å². The molecule has 3 nitrogen and oxygen atoms in total. The summed E-state index contributed by atoms with van der Waals surface area (Å²) < 4.78 is 25.0. The summed E-state index contributed by atoms with van der Waals surface area (Å²) in [5.74, 6) is -0.154. The lowest BCUT2D eigenvalue weighted by Crippen LogP contribution is -1.91. The first-order valence-corrected chi connectivity index (χ1v) is 4.36. The number of H-pyrrole nitrogens is 1. The highest BCUT2D eigenvalue weighted by Crippen LogP contribution is 2.26. The number of rotatable bonds is 2. The minimum absolute atomic E-state index is 0.154. The molecule has 0 saturated heterocycles. The van der Waals surface area contributed by atoms with E-state index in [-0.39, 0.29) is 11.5 Å². The molecule has 1 aromatic carbocycles. The van der Waals surface area contributed by atoms with E-state index in [9.17, 15) is 13.6 Å². The van der Waals surface area contributed by atoms with Gasteiger partial charge in [-0.05, 0) is 25.1 Å². The monoisotopic (exact) mass is 210 g/mol. The Morgan fingerprint density at radius 3 is 2.80 bits per heavy atom. The number of hydrogen-bond donors (Lipinski definition) is 1. The van der Waals surface area contributed by atoms with Crippen molar-refractivity contribution >= 4 is 16.7 Å². The van der Waals surface area contributed by atoms with Gasteiger partial charge in [0.25, 0.3) is 6.43 Å². The number of aromatic nitrogens is 2. The highest BCUT2D eigenvalue weighted by atomic mass is 19.3. The van der Waals surface area contributed by atoms with Gasteiger partial charge >= 0.3 is 0 Å². The second kappa shape index (κ2) is 3.42. The molecular weight excluding hydrogens is 202 g/mol. The van der Waals surface area contributed by atoms with Gasteiger partial charge in [-0.15, -0.1) is 0 Å². The topological polar surface area (TPSA) is 45.8 Å². The molecule has 78 valence electrons. The number of ketones is 1. The van der Waals surface area contributed by atoms with Gasteiger partial charge < -0.3 is 0 Å². The number of nitrogens with one attached hydrogen (secondary N) is 1. The van der Waals surface area contributed by atoms with E-state index in [0.717, 1.165) is 0 Å². The number of carbonyl (C=O) groups is 1. The molecule has 0 fully saturated rings. The Morgan fingerprint density at radius 1 is 1.47 bits per heavy atom. The van der Waals surface area contributed by atoms with Crippen molar-refractivity contribution < 1.29 is 13.6 Å². The summed E-state index contributed by atoms with van der Waals surface area (Å²) >= 11 is 0. The first-order chi connectivity index (χ1) is 7.09. The van der Waals surface area contributed by atoms with E-state index < -0.39 is 6.43 Å². The Bertz CT molecular complexity index is 519. The quantitative estimate of drug-likeness (QED) is 0.774. The van der Waals surface area contributed by atoms with Crippen molar-refractivity contribution in [1.29, 1.82) is 0 Å². The van der Waals surface area contributed by atoms with Crippen LogP contribution in [0, 0.1) is 0 Å². The van der Waals surface area contributed by atoms with Crippen LogP contribution in [0.3, 0.4) is 0 Å². The molecule has 1 N–H and O–H groups in total. The average Bonchev–Trinajstić information content (AvgIpc) is 2.59. The number of hydrogen-bond acceptors (Lipinski definition) is 2. The van der Waals surface area contributed by atoms with Gasteiger partial charge in [0.2, 0.25) is 0 Å². The molecule has 0 amide bonds. The van der Waals surface area contributed by atoms with Gasteiger partial charge in [-0.1, -0.05) is 0 Å². The number of nitrogens with zero attached hydrogens (tertiary/aromatic N) is 1. The van der Waals surface area contributed by atoms with Crippen molar-refractivity contribution in [1.82, 2.24) is 10.2 Å². The van der Waals surface area contributed by atoms with Crippen LogP contribution < -0.4 is 0 Å². The number of alkyl halides is 2. The summed E-state index contributed by atoms with van der Waals surface area (Å²) in [6.45, 7) is 1.39. The molecule has 1 heterocycles. The molecule has 1 aromatic heterocycles. The minimum Gasteiger partial charge on any atom is -0.295 e. The van der Waals surface area contributed by atoms with E-state index in [0.29, 0.717) is 16.5 Å². The molecule has 0 unspecified atom stereocenters. The molecule has 0 atom stereocenters. The molecule has 0 saturated carbocycles. The van der Waals surface area contributed by atoms with Gasteiger partial charge in [-0.3, -0.25) is 9.89 Å². The van der Waals surface area contributed by atoms with Gasteiger partial charge in [0, 0.05) is 10.9 Å². The van der Waals surface area contributed by atoms with Crippen molar-refractivity contribution in [3.8, 4) is 0 Å². The number of halogens is 2. The zero-order valence-corrected chi connectivity index (χ0v) is 7.92. The number of benzene rings is 1. The average molecular weight is 210 g/mol. The van der Waals surface area contributed by atoms with Gasteiger partial charge in [-0.2, -0.15) is 5.10 Å². The molecule has 15 heavy (non-hydrogen) atoms. The summed E-state index contributed by atoms with van der Waals surface area (Å²) in [4.78, 5) is 11.1. The van der Waals surface area contributed by atoms with E-state index >= 15 is 0 Å². The van der Waals surface area contributed by atoms with Crippen LogP contribution in [-0.2, 0) is 0 Å². The lowest BCUT2D eigenvalue weighted by atomic mass is 10.1. The summed E-state index contributed by atoms with van der Waals surface area (Å²) in [5.41, 5.74) is 0.606. The van der Waals surface area contributed by atoms with Crippen LogP contribution in [0.5, 0.6) is 0 Å². The van der Waals surface area contributed by atoms with Crippen molar-refractivity contribution in [3.05, 3.63) is 29.5 Å². The molecule has 2 rings (SSSR count). The van der Waals surface area contributed by atoms with E-state index in [2.05, 4.69) is 10.2 Å². The first-order valence-electron chi connectivity index (χ1n) is 4.36. The maximum absolute atomic E-state index is 12.5. The number of Topliss-reactive ketones (excluding diaryl/α,β-unsaturated/α-hetero) is 1. The second-order valence-electron chi connectivity index (χ2n) is 3.23. The van der Waals surface area contributed by atoms with Crippen molar-refractivity contribution in [3.63, 3.8) is 0 Å². The molecule has 0 radical (unpaired) electrons. The molecule has 2 aromatic rings. The SMILES string of the molecule is CC(=O)c1ccc2[nH]nc(C(F)F)c2c1. The van der Waals surface area contributed by atoms with Crippen molar-refractivity contribution in [2.75, 3.05) is 0 Å². The highest BCUT2D eigenvalue weighted by molar-refractivity contribution is 5.98. The number of aromatic amines is 1. The summed E-state index contributed by atoms with van der Waals surface area (Å²) in [6.07, 6.45) is -2.64. The molecule has 0 aliphatic rings. The standard InChI is InChI=1S/C10H8F2N2O/c1-5(15)6-2-3-8-7(4-6)9(10(11)12)14-13-8/h2-4,10H,1H3,(H,13,14). The van der Waals surface area contributed by atoms with Crippen molar-refractivity contribution in [2.24, 2.45) is 0 Å². The molecule has 0 bridgehead atoms. The van der Waals surface area contributed by atoms with Gasteiger partial charge in [0.05, 0.1) is 5.52 Å². The number of carbonyl (C=O) groups excluding carboxylic acids is 1. The van der Waals surface area contributed by atoms with Crippen LogP contribution in [0.15, 0.2) is 18.2 Å². The van der Waals surface area contributed by atoms with Crippen LogP contribution >= 0.6 is 0 Å². The van der Waals surface area contributed by atoms with Crippen LogP contribution in [0.25, 0.3) is 10.9 Å². The lowest BCUT2D eigenvalue weighted by Gasteiger charge is -1.97. The predicted octanol–water partition coefficient (Wildman–Crippen LogP) is 2.70. The minimum atomic E-state index is -2.64. The normalized spacial score (nSPS) is 11.2. The highest BCUT2D eigenvalue weighted by Gasteiger charge is 2.16. The van der Waals surface area contributed by atoms with Gasteiger partial charge in [-0.25, -0.2) is 8.78 Å². The third kappa shape index (κ3) is 1.60. The number of fused-ring (bicyclic) bond motifs is 1. The van der Waals surface area contributed by atoms with Crippen LogP contribution in [-0.4, -0.2) is 16.0 Å². The third-order valence-corrected chi connectivity index (χ3v) is 2.21. The smallest absolute Gasteiger partial charge is 0.282 e. The third-order valence-electron chi connectivity index (χ3n) is 2.21. The first kappa shape index (κ1) is 9.76. The van der Waals surface area contributed by atoms with Gasteiger partial charge in [0.15, 0.2) is 5.78 Å². The molecule has 0 aliphatic carbocycles. The zero-order valence-electron chi connectivity index (χ0n) is 7.92. The predicted molar refractivity (Wildman–Crippen MR) is 51.1 cm³/mol. The van der Waals surface area contributed by atoms with E-state index in [1.165, 1.54) is 13.0 Å². The maximum Gasteiger partial charge on any atom is 0.282 e. The van der Waals surface area contributed by atoms with Crippen LogP contribution in [0.1, 0.15) is 29.4 Å². The van der Waals surface area contributed by atoms with Crippen LogP contribution in [0.2, 0.25) is 0 Å². The molecule has 0 spiro atoms. The largest absolute Gasteiger partial charge is 0.295 e. The fourth-order valence-corrected chi connectivity index (χ4v) is 1.42. The van der Waals surface area contributed by atoms with Crippen LogP contribution in [0.4, 0.5) is 8.78 Å². The lowest BCUT2D eigenvalue weighted by molar-refractivity contribution is 0.101. The summed E-state index contributed by atoms with van der Waals surface area (Å²) in [7, 11) is 0.